The van der Waals surface area contributed by atoms with Crippen molar-refractivity contribution < 1.29 is 9.13 Å². The van der Waals surface area contributed by atoms with Crippen LogP contribution in [0.3, 0.4) is 0 Å². The molecule has 3 nitrogen and oxygen atoms in total. The first kappa shape index (κ1) is 12.4. The largest absolute Gasteiger partial charge is 0.497 e. The molecule has 20 heavy (non-hydrogen) atoms. The first-order valence-corrected chi connectivity index (χ1v) is 6.22. The molecule has 1 aromatic heterocycles. The molecule has 0 atom stereocenters. The summed E-state index contributed by atoms with van der Waals surface area (Å²) in [4.78, 5) is 4.08. The quantitative estimate of drug-likeness (QED) is 0.775. The zero-order valence-electron chi connectivity index (χ0n) is 10.9. The second-order valence-corrected chi connectivity index (χ2v) is 4.35. The van der Waals surface area contributed by atoms with Crippen LogP contribution in [-0.4, -0.2) is 12.1 Å². The van der Waals surface area contributed by atoms with Crippen LogP contribution < -0.4 is 10.1 Å². The lowest BCUT2D eigenvalue weighted by Crippen LogP contribution is -1.94. The summed E-state index contributed by atoms with van der Waals surface area (Å²) < 4.78 is 18.9. The normalized spacial score (nSPS) is 10.5. The molecule has 0 unspecified atom stereocenters. The highest BCUT2D eigenvalue weighted by Crippen LogP contribution is 2.27. The summed E-state index contributed by atoms with van der Waals surface area (Å²) in [5.74, 6) is 0.441. The van der Waals surface area contributed by atoms with Crippen LogP contribution in [0.4, 0.5) is 15.8 Å². The van der Waals surface area contributed by atoms with Gasteiger partial charge in [-0.2, -0.15) is 0 Å². The number of para-hydroxylation sites is 1. The molecule has 0 aliphatic rings. The number of ether oxygens (including phenoxy) is 1. The Morgan fingerprint density at radius 1 is 1.10 bits per heavy atom. The highest BCUT2D eigenvalue weighted by molar-refractivity contribution is 5.93. The molecule has 100 valence electrons. The third kappa shape index (κ3) is 2.28. The maximum atomic E-state index is 13.7. The van der Waals surface area contributed by atoms with Gasteiger partial charge in [0, 0.05) is 29.0 Å². The van der Waals surface area contributed by atoms with Gasteiger partial charge in [-0.3, -0.25) is 4.98 Å². The molecule has 1 N–H and O–H groups in total. The second-order valence-electron chi connectivity index (χ2n) is 4.35. The van der Waals surface area contributed by atoms with Gasteiger partial charge in [0.05, 0.1) is 7.11 Å². The van der Waals surface area contributed by atoms with E-state index in [4.69, 9.17) is 4.74 Å². The average Bonchev–Trinajstić information content (AvgIpc) is 2.49. The molecule has 0 radical (unpaired) electrons. The predicted octanol–water partition coefficient (Wildman–Crippen LogP) is 4.13. The molecule has 1 heterocycles. The van der Waals surface area contributed by atoms with Crippen LogP contribution in [0.1, 0.15) is 0 Å². The fraction of sp³-hybridized carbons (Fsp3) is 0.0625. The number of aromatic nitrogens is 1. The van der Waals surface area contributed by atoms with Crippen LogP contribution in [0, 0.1) is 5.82 Å². The van der Waals surface area contributed by atoms with E-state index in [0.29, 0.717) is 5.52 Å². The van der Waals surface area contributed by atoms with Crippen molar-refractivity contribution in [2.75, 3.05) is 12.4 Å². The van der Waals surface area contributed by atoms with E-state index in [1.165, 1.54) is 6.07 Å². The van der Waals surface area contributed by atoms with Gasteiger partial charge in [-0.05, 0) is 24.3 Å². The number of nitrogens with one attached hydrogen (secondary N) is 1. The summed E-state index contributed by atoms with van der Waals surface area (Å²) in [7, 11) is 1.62. The van der Waals surface area contributed by atoms with Crippen LogP contribution in [0.25, 0.3) is 10.9 Å². The van der Waals surface area contributed by atoms with Crippen LogP contribution in [-0.2, 0) is 0 Å². The van der Waals surface area contributed by atoms with Crippen molar-refractivity contribution in [3.63, 3.8) is 0 Å². The number of methoxy groups -OCH3 is 1. The van der Waals surface area contributed by atoms with E-state index >= 15 is 0 Å². The van der Waals surface area contributed by atoms with Crippen molar-refractivity contribution in [2.24, 2.45) is 0 Å². The number of hydrogen-bond acceptors (Lipinski definition) is 3. The molecule has 2 aromatic carbocycles. The first-order chi connectivity index (χ1) is 9.78. The van der Waals surface area contributed by atoms with Crippen LogP contribution >= 0.6 is 0 Å². The zero-order chi connectivity index (χ0) is 13.9. The number of halogens is 1. The average molecular weight is 268 g/mol. The Labute approximate surface area is 116 Å². The molecule has 4 heteroatoms. The number of hydrogen-bond donors (Lipinski definition) is 1. The molecule has 3 aromatic rings. The number of nitrogens with zero attached hydrogens (tertiary/aromatic N) is 1. The predicted molar refractivity (Wildman–Crippen MR) is 78.0 cm³/mol. The molecule has 0 bridgehead atoms. The SMILES string of the molecule is COc1cccc(Nc2ccnc3c(F)cccc23)c1. The molecular weight excluding hydrogens is 255 g/mol. The standard InChI is InChI=1S/C16H13FN2O/c1-20-12-5-2-4-11(10-12)19-15-8-9-18-16-13(15)6-3-7-14(16)17/h2-10H,1H3,(H,18,19). The summed E-state index contributed by atoms with van der Waals surface area (Å²) >= 11 is 0. The van der Waals surface area contributed by atoms with E-state index in [2.05, 4.69) is 10.3 Å². The van der Waals surface area contributed by atoms with Crippen molar-refractivity contribution in [3.8, 4) is 5.75 Å². The van der Waals surface area contributed by atoms with Crippen molar-refractivity contribution in [1.29, 1.82) is 0 Å². The zero-order valence-corrected chi connectivity index (χ0v) is 10.9. The van der Waals surface area contributed by atoms with E-state index in [1.54, 1.807) is 19.4 Å². The lowest BCUT2D eigenvalue weighted by atomic mass is 10.1. The van der Waals surface area contributed by atoms with E-state index in [-0.39, 0.29) is 5.82 Å². The van der Waals surface area contributed by atoms with Gasteiger partial charge >= 0.3 is 0 Å². The van der Waals surface area contributed by atoms with Crippen molar-refractivity contribution in [1.82, 2.24) is 4.98 Å². The Kier molecular flexibility index (Phi) is 3.21. The summed E-state index contributed by atoms with van der Waals surface area (Å²) in [5.41, 5.74) is 2.05. The molecule has 0 spiro atoms. The molecule has 0 aliphatic heterocycles. The molecule has 0 saturated heterocycles. The van der Waals surface area contributed by atoms with Gasteiger partial charge in [-0.25, -0.2) is 4.39 Å². The van der Waals surface area contributed by atoms with E-state index in [9.17, 15) is 4.39 Å². The topological polar surface area (TPSA) is 34.1 Å². The molecular formula is C16H13FN2O. The third-order valence-corrected chi connectivity index (χ3v) is 3.07. The summed E-state index contributed by atoms with van der Waals surface area (Å²) in [5, 5.41) is 4.01. The number of anilines is 2. The Balaban J connectivity index is 2.04. The van der Waals surface area contributed by atoms with E-state index in [0.717, 1.165) is 22.5 Å². The van der Waals surface area contributed by atoms with Gasteiger partial charge in [0.25, 0.3) is 0 Å². The van der Waals surface area contributed by atoms with Crippen LogP contribution in [0.15, 0.2) is 54.7 Å². The minimum Gasteiger partial charge on any atom is -0.497 e. The Hall–Kier alpha value is -2.62. The highest BCUT2D eigenvalue weighted by Gasteiger charge is 2.06. The fourth-order valence-electron chi connectivity index (χ4n) is 2.11. The smallest absolute Gasteiger partial charge is 0.149 e. The summed E-state index contributed by atoms with van der Waals surface area (Å²) in [6.07, 6.45) is 1.59. The van der Waals surface area contributed by atoms with Gasteiger partial charge in [0.2, 0.25) is 0 Å². The highest BCUT2D eigenvalue weighted by atomic mass is 19.1. The Bertz CT molecular complexity index is 758. The number of benzene rings is 2. The van der Waals surface area contributed by atoms with Crippen LogP contribution in [0.2, 0.25) is 0 Å². The van der Waals surface area contributed by atoms with Gasteiger partial charge in [-0.15, -0.1) is 0 Å². The fourth-order valence-corrected chi connectivity index (χ4v) is 2.11. The molecule has 0 amide bonds. The Morgan fingerprint density at radius 3 is 2.80 bits per heavy atom. The van der Waals surface area contributed by atoms with Gasteiger partial charge < -0.3 is 10.1 Å². The molecule has 0 saturated carbocycles. The minimum atomic E-state index is -0.322. The van der Waals surface area contributed by atoms with Gasteiger partial charge in [0.15, 0.2) is 0 Å². The number of pyridine rings is 1. The minimum absolute atomic E-state index is 0.322. The molecule has 0 aliphatic carbocycles. The second kappa shape index (κ2) is 5.17. The Morgan fingerprint density at radius 2 is 1.95 bits per heavy atom. The third-order valence-electron chi connectivity index (χ3n) is 3.07. The van der Waals surface area contributed by atoms with Crippen molar-refractivity contribution in [3.05, 3.63) is 60.5 Å². The van der Waals surface area contributed by atoms with Crippen molar-refractivity contribution >= 4 is 22.3 Å². The lowest BCUT2D eigenvalue weighted by Gasteiger charge is -2.10. The summed E-state index contributed by atoms with van der Waals surface area (Å²) in [6, 6.07) is 14.3. The number of rotatable bonds is 3. The molecule has 3 rings (SSSR count). The van der Waals surface area contributed by atoms with Crippen LogP contribution in [0.5, 0.6) is 5.75 Å². The number of fused-ring (bicyclic) bond motifs is 1. The first-order valence-electron chi connectivity index (χ1n) is 6.22. The monoisotopic (exact) mass is 268 g/mol. The van der Waals surface area contributed by atoms with E-state index in [1.807, 2.05) is 36.4 Å². The van der Waals surface area contributed by atoms with Gasteiger partial charge in [-0.1, -0.05) is 18.2 Å². The maximum Gasteiger partial charge on any atom is 0.149 e. The van der Waals surface area contributed by atoms with Gasteiger partial charge in [0.1, 0.15) is 17.1 Å². The lowest BCUT2D eigenvalue weighted by molar-refractivity contribution is 0.415. The summed E-state index contributed by atoms with van der Waals surface area (Å²) in [6.45, 7) is 0. The molecule has 0 fully saturated rings. The maximum absolute atomic E-state index is 13.7. The van der Waals surface area contributed by atoms with Crippen molar-refractivity contribution in [2.45, 2.75) is 0 Å². The van der Waals surface area contributed by atoms with E-state index < -0.39 is 0 Å².